The summed E-state index contributed by atoms with van der Waals surface area (Å²) in [6.45, 7) is 2.16. The van der Waals surface area contributed by atoms with Gasteiger partial charge in [-0.05, 0) is 42.3 Å². The minimum Gasteiger partial charge on any atom is -0.493 e. The van der Waals surface area contributed by atoms with E-state index in [0.29, 0.717) is 56.2 Å². The molecule has 0 aromatic heterocycles. The Morgan fingerprint density at radius 3 is 2.35 bits per heavy atom. The second-order valence-electron chi connectivity index (χ2n) is 8.69. The zero-order chi connectivity index (χ0) is 26.3. The molecule has 0 unspecified atom stereocenters. The maximum atomic E-state index is 13.6. The molecular formula is C29H23Br2NO5. The van der Waals surface area contributed by atoms with Gasteiger partial charge in [0.15, 0.2) is 17.3 Å². The summed E-state index contributed by atoms with van der Waals surface area (Å²) in [5.41, 5.74) is 5.31. The van der Waals surface area contributed by atoms with Gasteiger partial charge >= 0.3 is 5.97 Å². The van der Waals surface area contributed by atoms with E-state index in [1.807, 2.05) is 61.5 Å². The molecule has 0 fully saturated rings. The van der Waals surface area contributed by atoms with E-state index < -0.39 is 11.9 Å². The second-order valence-corrected chi connectivity index (χ2v) is 10.5. The molecule has 0 saturated carbocycles. The molecule has 2 aliphatic rings. The number of ketones is 1. The van der Waals surface area contributed by atoms with E-state index in [4.69, 9.17) is 14.2 Å². The van der Waals surface area contributed by atoms with Gasteiger partial charge in [-0.15, -0.1) is 0 Å². The third kappa shape index (κ3) is 4.49. The molecule has 3 aromatic rings. The Hall–Kier alpha value is -3.36. The highest BCUT2D eigenvalue weighted by Crippen LogP contribution is 2.50. The number of esters is 1. The van der Waals surface area contributed by atoms with Crippen LogP contribution in [0.1, 0.15) is 39.9 Å². The van der Waals surface area contributed by atoms with E-state index in [-0.39, 0.29) is 5.78 Å². The average molecular weight is 625 g/mol. The predicted molar refractivity (Wildman–Crippen MR) is 147 cm³/mol. The molecule has 8 heteroatoms. The van der Waals surface area contributed by atoms with Crippen molar-refractivity contribution in [1.29, 1.82) is 0 Å². The number of halogens is 2. The number of carbonyl (C=O) groups excluding carboxylic acids is 2. The number of methoxy groups -OCH3 is 2. The highest BCUT2D eigenvalue weighted by molar-refractivity contribution is 9.10. The van der Waals surface area contributed by atoms with Crippen LogP contribution in [0.3, 0.4) is 0 Å². The van der Waals surface area contributed by atoms with Gasteiger partial charge in [0.05, 0.1) is 31.4 Å². The van der Waals surface area contributed by atoms with Crippen molar-refractivity contribution in [2.45, 2.75) is 19.4 Å². The van der Waals surface area contributed by atoms with Gasteiger partial charge in [0, 0.05) is 31.3 Å². The lowest BCUT2D eigenvalue weighted by Crippen LogP contribution is -2.29. The summed E-state index contributed by atoms with van der Waals surface area (Å²) >= 11 is 7.12. The first-order valence-corrected chi connectivity index (χ1v) is 13.1. The summed E-state index contributed by atoms with van der Waals surface area (Å²) in [4.78, 5) is 26.7. The lowest BCUT2D eigenvalue weighted by Gasteiger charge is -2.30. The van der Waals surface area contributed by atoms with Gasteiger partial charge in [-0.1, -0.05) is 68.3 Å². The van der Waals surface area contributed by atoms with E-state index in [1.165, 1.54) is 7.11 Å². The molecule has 0 amide bonds. The Balaban J connectivity index is 1.60. The van der Waals surface area contributed by atoms with Crippen molar-refractivity contribution in [3.8, 4) is 11.5 Å². The standard InChI is InChI=1S/C29H23Br2NO5/c1-15-24(29(34)36-3)25(26-27(32-15)18-6-4-5-7-19(18)28(26)33)20-12-22(35-2)23(13-21(20)31)37-14-16-8-10-17(30)11-9-16/h4-13,25,32H,14H2,1-3H3/t25-/m0/s1. The van der Waals surface area contributed by atoms with Crippen LogP contribution in [0.15, 0.2) is 86.5 Å². The fraction of sp³-hybridized carbons (Fsp3) is 0.172. The van der Waals surface area contributed by atoms with Crippen molar-refractivity contribution in [2.75, 3.05) is 14.2 Å². The molecule has 1 aliphatic heterocycles. The number of fused-ring (bicyclic) bond motifs is 2. The summed E-state index contributed by atoms with van der Waals surface area (Å²) in [5, 5.41) is 3.29. The maximum absolute atomic E-state index is 13.6. The number of carbonyl (C=O) groups is 2. The lowest BCUT2D eigenvalue weighted by atomic mass is 9.79. The molecule has 3 aromatic carbocycles. The van der Waals surface area contributed by atoms with Crippen LogP contribution in [0.4, 0.5) is 0 Å². The van der Waals surface area contributed by atoms with Crippen molar-refractivity contribution >= 4 is 49.3 Å². The minimum atomic E-state index is -0.674. The van der Waals surface area contributed by atoms with E-state index in [1.54, 1.807) is 13.2 Å². The fourth-order valence-electron chi connectivity index (χ4n) is 4.81. The molecule has 0 bridgehead atoms. The van der Waals surface area contributed by atoms with Crippen LogP contribution in [0.25, 0.3) is 5.70 Å². The molecule has 37 heavy (non-hydrogen) atoms. The Kier molecular flexibility index (Phi) is 6.96. The first kappa shape index (κ1) is 25.3. The van der Waals surface area contributed by atoms with Crippen LogP contribution in [0, 0.1) is 0 Å². The Morgan fingerprint density at radius 2 is 1.68 bits per heavy atom. The predicted octanol–water partition coefficient (Wildman–Crippen LogP) is 6.54. The van der Waals surface area contributed by atoms with Crippen LogP contribution >= 0.6 is 31.9 Å². The Labute approximate surface area is 231 Å². The topological polar surface area (TPSA) is 73.9 Å². The molecular weight excluding hydrogens is 602 g/mol. The lowest BCUT2D eigenvalue weighted by molar-refractivity contribution is -0.136. The number of rotatable bonds is 6. The van der Waals surface area contributed by atoms with Gasteiger partial charge in [0.2, 0.25) is 0 Å². The number of hydrogen-bond acceptors (Lipinski definition) is 6. The van der Waals surface area contributed by atoms with E-state index >= 15 is 0 Å². The average Bonchev–Trinajstić information content (AvgIpc) is 3.18. The zero-order valence-corrected chi connectivity index (χ0v) is 23.5. The van der Waals surface area contributed by atoms with Crippen molar-refractivity contribution in [1.82, 2.24) is 5.32 Å². The third-order valence-electron chi connectivity index (χ3n) is 6.56. The Morgan fingerprint density at radius 1 is 0.973 bits per heavy atom. The SMILES string of the molecule is COC(=O)C1=C(C)NC2=C(C(=O)c3ccccc32)[C@H]1c1cc(OC)c(OCc2ccc(Br)cc2)cc1Br. The number of benzene rings is 3. The van der Waals surface area contributed by atoms with Crippen LogP contribution in [-0.2, 0) is 16.1 Å². The molecule has 188 valence electrons. The zero-order valence-electron chi connectivity index (χ0n) is 20.4. The van der Waals surface area contributed by atoms with Crippen molar-refractivity contribution in [3.05, 3.63) is 109 Å². The van der Waals surface area contributed by atoms with Gasteiger partial charge in [-0.2, -0.15) is 0 Å². The number of ether oxygens (including phenoxy) is 3. The summed E-state index contributed by atoms with van der Waals surface area (Å²) in [6, 6.07) is 18.9. The minimum absolute atomic E-state index is 0.126. The van der Waals surface area contributed by atoms with Gasteiger partial charge < -0.3 is 19.5 Å². The largest absolute Gasteiger partial charge is 0.493 e. The molecule has 0 radical (unpaired) electrons. The van der Waals surface area contributed by atoms with Crippen molar-refractivity contribution < 1.29 is 23.8 Å². The quantitative estimate of drug-likeness (QED) is 0.314. The third-order valence-corrected chi connectivity index (χ3v) is 7.77. The normalized spacial score (nSPS) is 16.2. The van der Waals surface area contributed by atoms with Crippen molar-refractivity contribution in [2.24, 2.45) is 0 Å². The molecule has 1 heterocycles. The number of Topliss-reactive ketones (excluding diaryl/α,β-unsaturated/α-hetero) is 1. The number of hydrogen-bond donors (Lipinski definition) is 1. The Bertz CT molecular complexity index is 1490. The molecule has 1 N–H and O–H groups in total. The smallest absolute Gasteiger partial charge is 0.336 e. The van der Waals surface area contributed by atoms with E-state index in [2.05, 4.69) is 37.2 Å². The van der Waals surface area contributed by atoms with Gasteiger partial charge in [-0.3, -0.25) is 4.79 Å². The van der Waals surface area contributed by atoms with Crippen molar-refractivity contribution in [3.63, 3.8) is 0 Å². The molecule has 0 spiro atoms. The second kappa shape index (κ2) is 10.2. The first-order chi connectivity index (χ1) is 17.8. The molecule has 1 atom stereocenters. The summed E-state index contributed by atoms with van der Waals surface area (Å²) in [7, 11) is 2.90. The summed E-state index contributed by atoms with van der Waals surface area (Å²) in [5.74, 6) is -0.288. The first-order valence-electron chi connectivity index (χ1n) is 11.5. The molecule has 1 aliphatic carbocycles. The highest BCUT2D eigenvalue weighted by Gasteiger charge is 2.43. The summed E-state index contributed by atoms with van der Waals surface area (Å²) in [6.07, 6.45) is 0. The van der Waals surface area contributed by atoms with Crippen LogP contribution in [-0.4, -0.2) is 26.0 Å². The van der Waals surface area contributed by atoms with Gasteiger partial charge in [0.25, 0.3) is 0 Å². The number of dihydropyridines is 1. The van der Waals surface area contributed by atoms with E-state index in [9.17, 15) is 9.59 Å². The van der Waals surface area contributed by atoms with Gasteiger partial charge in [-0.25, -0.2) is 4.79 Å². The van der Waals surface area contributed by atoms with Crippen LogP contribution in [0.5, 0.6) is 11.5 Å². The maximum Gasteiger partial charge on any atom is 0.336 e. The number of allylic oxidation sites excluding steroid dienone is 2. The monoisotopic (exact) mass is 623 g/mol. The fourth-order valence-corrected chi connectivity index (χ4v) is 5.62. The van der Waals surface area contributed by atoms with Gasteiger partial charge in [0.1, 0.15) is 6.61 Å². The van der Waals surface area contributed by atoms with Crippen LogP contribution < -0.4 is 14.8 Å². The summed E-state index contributed by atoms with van der Waals surface area (Å²) < 4.78 is 18.6. The molecule has 5 rings (SSSR count). The highest BCUT2D eigenvalue weighted by atomic mass is 79.9. The van der Waals surface area contributed by atoms with E-state index in [0.717, 1.165) is 15.6 Å². The number of nitrogens with one attached hydrogen (secondary N) is 1. The molecule has 0 saturated heterocycles. The van der Waals surface area contributed by atoms with Crippen LogP contribution in [0.2, 0.25) is 0 Å². The molecule has 6 nitrogen and oxygen atoms in total.